The smallest absolute Gasteiger partial charge is 0.306 e. The van der Waals surface area contributed by atoms with Gasteiger partial charge in [-0.05, 0) is 25.2 Å². The third-order valence-electron chi connectivity index (χ3n) is 14.4. The van der Waals surface area contributed by atoms with Crippen molar-refractivity contribution in [1.29, 1.82) is 0 Å². The molecule has 0 fully saturated rings. The third kappa shape index (κ3) is 53.6. The Morgan fingerprint density at radius 3 is 0.776 bits per heavy atom. The second-order valence-corrected chi connectivity index (χ2v) is 21.2. The van der Waals surface area contributed by atoms with E-state index in [1.807, 2.05) is 0 Å². The Balaban J connectivity index is 4.24. The normalized spacial score (nSPS) is 12.4. The van der Waals surface area contributed by atoms with Gasteiger partial charge in [0.2, 0.25) is 0 Å². The van der Waals surface area contributed by atoms with E-state index in [0.717, 1.165) is 63.7 Å². The maximum atomic E-state index is 12.8. The Hall–Kier alpha value is -1.59. The Labute approximate surface area is 418 Å². The highest BCUT2D eigenvalue weighted by Gasteiger charge is 2.19. The van der Waals surface area contributed by atoms with E-state index < -0.39 is 6.10 Å². The molecule has 0 aromatic heterocycles. The van der Waals surface area contributed by atoms with E-state index in [-0.39, 0.29) is 31.1 Å². The van der Waals surface area contributed by atoms with Gasteiger partial charge in [-0.25, -0.2) is 0 Å². The molecule has 0 rings (SSSR count). The summed E-state index contributed by atoms with van der Waals surface area (Å²) in [5.74, 6) is 0.0632. The van der Waals surface area contributed by atoms with Gasteiger partial charge in [-0.1, -0.05) is 310 Å². The molecule has 1 unspecified atom stereocenters. The van der Waals surface area contributed by atoms with Gasteiger partial charge in [-0.15, -0.1) is 0 Å². The van der Waals surface area contributed by atoms with E-state index in [2.05, 4.69) is 27.7 Å². The van der Waals surface area contributed by atoms with Crippen LogP contribution in [0.25, 0.3) is 0 Å². The summed E-state index contributed by atoms with van der Waals surface area (Å²) in [7, 11) is 0. The molecule has 0 spiro atoms. The molecule has 0 heterocycles. The Morgan fingerprint density at radius 2 is 0.522 bits per heavy atom. The van der Waals surface area contributed by atoms with Gasteiger partial charge in [-0.2, -0.15) is 0 Å². The molecule has 0 aliphatic carbocycles. The van der Waals surface area contributed by atoms with Crippen LogP contribution in [0.15, 0.2) is 0 Å². The lowest BCUT2D eigenvalue weighted by molar-refractivity contribution is -0.167. The molecule has 0 radical (unpaired) electrons. The van der Waals surface area contributed by atoms with Gasteiger partial charge in [0, 0.05) is 19.3 Å². The standard InChI is InChI=1S/C61H118O6/c1-5-8-10-12-14-16-18-20-21-22-23-24-25-29-33-36-40-44-48-52-59(62)65-55-58(67-61(64)54-50-46-42-38-32-19-17-15-13-11-9-6-2)56-66-60(63)53-49-45-41-37-34-30-27-26-28-31-35-39-43-47-51-57(4)7-3/h57-58H,5-56H2,1-4H3/t57?,58-/m1/s1. The fourth-order valence-corrected chi connectivity index (χ4v) is 9.42. The zero-order chi connectivity index (χ0) is 48.8. The second-order valence-electron chi connectivity index (χ2n) is 21.2. The van der Waals surface area contributed by atoms with Gasteiger partial charge < -0.3 is 14.2 Å². The zero-order valence-corrected chi connectivity index (χ0v) is 45.9. The lowest BCUT2D eigenvalue weighted by atomic mass is 9.99. The lowest BCUT2D eigenvalue weighted by Crippen LogP contribution is -2.30. The minimum atomic E-state index is -0.762. The summed E-state index contributed by atoms with van der Waals surface area (Å²) >= 11 is 0. The van der Waals surface area contributed by atoms with E-state index in [9.17, 15) is 14.4 Å². The van der Waals surface area contributed by atoms with Gasteiger partial charge in [0.25, 0.3) is 0 Å². The van der Waals surface area contributed by atoms with Crippen molar-refractivity contribution in [1.82, 2.24) is 0 Å². The highest BCUT2D eigenvalue weighted by molar-refractivity contribution is 5.71. The highest BCUT2D eigenvalue weighted by atomic mass is 16.6. The molecule has 6 heteroatoms. The molecule has 0 aromatic rings. The van der Waals surface area contributed by atoms with Crippen molar-refractivity contribution in [2.24, 2.45) is 5.92 Å². The van der Waals surface area contributed by atoms with Crippen molar-refractivity contribution >= 4 is 17.9 Å². The molecule has 2 atom stereocenters. The van der Waals surface area contributed by atoms with Crippen LogP contribution in [-0.2, 0) is 28.6 Å². The summed E-state index contributed by atoms with van der Waals surface area (Å²) in [5.41, 5.74) is 0. The molecule has 0 saturated carbocycles. The first-order chi connectivity index (χ1) is 32.9. The average Bonchev–Trinajstić information content (AvgIpc) is 3.33. The van der Waals surface area contributed by atoms with Crippen LogP contribution in [0.3, 0.4) is 0 Å². The van der Waals surface area contributed by atoms with E-state index in [1.165, 1.54) is 244 Å². The molecule has 0 amide bonds. The van der Waals surface area contributed by atoms with Crippen LogP contribution in [0.5, 0.6) is 0 Å². The summed E-state index contributed by atoms with van der Waals surface area (Å²) in [6, 6.07) is 0. The summed E-state index contributed by atoms with van der Waals surface area (Å²) in [5, 5.41) is 0. The first kappa shape index (κ1) is 65.4. The fourth-order valence-electron chi connectivity index (χ4n) is 9.42. The fraction of sp³-hybridized carbons (Fsp3) is 0.951. The first-order valence-electron chi connectivity index (χ1n) is 30.4. The van der Waals surface area contributed by atoms with Crippen molar-refractivity contribution in [3.63, 3.8) is 0 Å². The predicted molar refractivity (Wildman–Crippen MR) is 289 cm³/mol. The van der Waals surface area contributed by atoms with Gasteiger partial charge in [0.15, 0.2) is 6.10 Å². The molecule has 6 nitrogen and oxygen atoms in total. The number of unbranched alkanes of at least 4 members (excludes halogenated alkanes) is 42. The summed E-state index contributed by atoms with van der Waals surface area (Å²) in [6.07, 6.45) is 60.9. The third-order valence-corrected chi connectivity index (χ3v) is 14.4. The summed E-state index contributed by atoms with van der Waals surface area (Å²) in [6.45, 7) is 9.11. The molecule has 67 heavy (non-hydrogen) atoms. The monoisotopic (exact) mass is 947 g/mol. The number of carbonyl (C=O) groups excluding carboxylic acids is 3. The number of rotatable bonds is 56. The quantitative estimate of drug-likeness (QED) is 0.0343. The van der Waals surface area contributed by atoms with E-state index in [4.69, 9.17) is 14.2 Å². The van der Waals surface area contributed by atoms with E-state index in [0.29, 0.717) is 19.3 Å². The van der Waals surface area contributed by atoms with Gasteiger partial charge in [0.1, 0.15) is 13.2 Å². The molecule has 398 valence electrons. The predicted octanol–water partition coefficient (Wildman–Crippen LogP) is 20.2. The lowest BCUT2D eigenvalue weighted by Gasteiger charge is -2.18. The molecular formula is C61H118O6. The van der Waals surface area contributed by atoms with Crippen molar-refractivity contribution < 1.29 is 28.6 Å². The second kappa shape index (κ2) is 55.3. The molecule has 0 saturated heterocycles. The van der Waals surface area contributed by atoms with Crippen molar-refractivity contribution in [2.75, 3.05) is 13.2 Å². The van der Waals surface area contributed by atoms with Crippen LogP contribution in [0.4, 0.5) is 0 Å². The highest BCUT2D eigenvalue weighted by Crippen LogP contribution is 2.19. The van der Waals surface area contributed by atoms with Crippen LogP contribution in [0.1, 0.15) is 349 Å². The van der Waals surface area contributed by atoms with Crippen molar-refractivity contribution in [3.05, 3.63) is 0 Å². The van der Waals surface area contributed by atoms with Crippen LogP contribution >= 0.6 is 0 Å². The molecule has 0 aliphatic rings. The topological polar surface area (TPSA) is 78.9 Å². The van der Waals surface area contributed by atoms with Gasteiger partial charge in [-0.3, -0.25) is 14.4 Å². The molecule has 0 aliphatic heterocycles. The maximum absolute atomic E-state index is 12.8. The van der Waals surface area contributed by atoms with Crippen LogP contribution < -0.4 is 0 Å². The maximum Gasteiger partial charge on any atom is 0.306 e. The first-order valence-corrected chi connectivity index (χ1v) is 30.4. The number of ether oxygens (including phenoxy) is 3. The van der Waals surface area contributed by atoms with Crippen molar-refractivity contribution in [2.45, 2.75) is 355 Å². The van der Waals surface area contributed by atoms with E-state index in [1.54, 1.807) is 0 Å². The number of carbonyl (C=O) groups is 3. The average molecular weight is 948 g/mol. The number of hydrogen-bond acceptors (Lipinski definition) is 6. The summed E-state index contributed by atoms with van der Waals surface area (Å²) in [4.78, 5) is 38.2. The van der Waals surface area contributed by atoms with E-state index >= 15 is 0 Å². The van der Waals surface area contributed by atoms with Crippen LogP contribution in [0.2, 0.25) is 0 Å². The number of hydrogen-bond donors (Lipinski definition) is 0. The SMILES string of the molecule is CCCCCCCCCCCCCCCCCCCCCC(=O)OC[C@H](COC(=O)CCCCCCCCCCCCCCCCC(C)CC)OC(=O)CCCCCCCCCCCCCC. The Morgan fingerprint density at radius 1 is 0.299 bits per heavy atom. The minimum Gasteiger partial charge on any atom is -0.462 e. The van der Waals surface area contributed by atoms with Crippen LogP contribution in [-0.4, -0.2) is 37.2 Å². The number of esters is 3. The minimum absolute atomic E-state index is 0.0616. The summed E-state index contributed by atoms with van der Waals surface area (Å²) < 4.78 is 16.9. The zero-order valence-electron chi connectivity index (χ0n) is 45.9. The van der Waals surface area contributed by atoms with Gasteiger partial charge in [0.05, 0.1) is 0 Å². The van der Waals surface area contributed by atoms with Crippen molar-refractivity contribution in [3.8, 4) is 0 Å². The Bertz CT molecular complexity index is 1010. The molecular weight excluding hydrogens is 829 g/mol. The Kier molecular flexibility index (Phi) is 54.0. The molecule has 0 aromatic carbocycles. The largest absolute Gasteiger partial charge is 0.462 e. The molecule has 0 bridgehead atoms. The van der Waals surface area contributed by atoms with Gasteiger partial charge >= 0.3 is 17.9 Å². The molecule has 0 N–H and O–H groups in total. The van der Waals surface area contributed by atoms with Crippen LogP contribution in [0, 0.1) is 5.92 Å².